The van der Waals surface area contributed by atoms with Gasteiger partial charge in [-0.2, -0.15) is 0 Å². The number of rotatable bonds is 2. The summed E-state index contributed by atoms with van der Waals surface area (Å²) in [7, 11) is 0. The summed E-state index contributed by atoms with van der Waals surface area (Å²) in [6.07, 6.45) is 0.939. The Bertz CT molecular complexity index is 1570. The summed E-state index contributed by atoms with van der Waals surface area (Å²) in [6.45, 7) is 0. The molecule has 1 aliphatic rings. The van der Waals surface area contributed by atoms with Gasteiger partial charge in [-0.1, -0.05) is 52.3 Å². The van der Waals surface area contributed by atoms with Crippen LogP contribution in [0.25, 0.3) is 43.9 Å². The number of aromatic nitrogens is 1. The van der Waals surface area contributed by atoms with Crippen molar-refractivity contribution in [3.8, 4) is 33.0 Å². The molecule has 3 nitrogen and oxygen atoms in total. The molecule has 6 rings (SSSR count). The van der Waals surface area contributed by atoms with Gasteiger partial charge < -0.3 is 4.42 Å². The number of benzene rings is 3. The minimum Gasteiger partial charge on any atom is -0.421 e. The van der Waals surface area contributed by atoms with Gasteiger partial charge in [-0.3, -0.25) is 0 Å². The van der Waals surface area contributed by atoms with Crippen molar-refractivity contribution in [3.63, 3.8) is 0 Å². The molecule has 0 saturated heterocycles. The van der Waals surface area contributed by atoms with Gasteiger partial charge in [0.05, 0.1) is 15.7 Å². The molecule has 1 aliphatic carbocycles. The van der Waals surface area contributed by atoms with Crippen molar-refractivity contribution in [3.05, 3.63) is 96.5 Å². The van der Waals surface area contributed by atoms with Gasteiger partial charge in [-0.15, -0.1) is 11.3 Å². The molecule has 0 radical (unpaired) electrons. The Labute approximate surface area is 198 Å². The van der Waals surface area contributed by atoms with Crippen LogP contribution in [0.1, 0.15) is 11.1 Å². The van der Waals surface area contributed by atoms with Crippen LogP contribution >= 0.6 is 43.2 Å². The molecule has 0 bridgehead atoms. The number of hydrogen-bond acceptors (Lipinski definition) is 4. The van der Waals surface area contributed by atoms with E-state index in [0.717, 1.165) is 32.0 Å². The quantitative estimate of drug-likeness (QED) is 0.208. The second-order valence-electron chi connectivity index (χ2n) is 7.50. The van der Waals surface area contributed by atoms with Gasteiger partial charge in [0.15, 0.2) is 5.58 Å². The summed E-state index contributed by atoms with van der Waals surface area (Å²) in [6, 6.07) is 20.7. The van der Waals surface area contributed by atoms with Gasteiger partial charge >= 0.3 is 5.63 Å². The van der Waals surface area contributed by atoms with Crippen molar-refractivity contribution in [2.75, 3.05) is 0 Å². The lowest BCUT2D eigenvalue weighted by Gasteiger charge is -2.04. The zero-order chi connectivity index (χ0) is 21.1. The predicted octanol–water partition coefficient (Wildman–Crippen LogP) is 7.68. The average Bonchev–Trinajstić information content (AvgIpc) is 3.38. The summed E-state index contributed by atoms with van der Waals surface area (Å²) in [5, 5.41) is 3.49. The fourth-order valence-electron chi connectivity index (χ4n) is 4.14. The van der Waals surface area contributed by atoms with Crippen molar-refractivity contribution in [1.29, 1.82) is 0 Å². The second-order valence-corrected chi connectivity index (χ2v) is 10.1. The van der Waals surface area contributed by atoms with Crippen molar-refractivity contribution in [1.82, 2.24) is 4.98 Å². The molecule has 0 saturated carbocycles. The number of nitrogens with zero attached hydrogens (tertiary/aromatic N) is 1. The van der Waals surface area contributed by atoms with E-state index < -0.39 is 0 Å². The highest BCUT2D eigenvalue weighted by Gasteiger charge is 2.19. The van der Waals surface area contributed by atoms with E-state index in [2.05, 4.69) is 74.3 Å². The highest BCUT2D eigenvalue weighted by Crippen LogP contribution is 2.39. The summed E-state index contributed by atoms with van der Waals surface area (Å²) in [4.78, 5) is 17.4. The maximum absolute atomic E-state index is 12.7. The fraction of sp³-hybridized carbons (Fsp3) is 0.0400. The van der Waals surface area contributed by atoms with Crippen LogP contribution in [0.15, 0.2) is 84.2 Å². The third kappa shape index (κ3) is 3.21. The molecule has 0 amide bonds. The molecule has 2 aromatic heterocycles. The molecule has 2 heterocycles. The zero-order valence-corrected chi connectivity index (χ0v) is 20.0. The van der Waals surface area contributed by atoms with Crippen molar-refractivity contribution in [2.24, 2.45) is 0 Å². The highest BCUT2D eigenvalue weighted by atomic mass is 79.9. The molecule has 0 unspecified atom stereocenters. The first-order valence-electron chi connectivity index (χ1n) is 9.67. The SMILES string of the molecule is O=c1oc2c(Br)cc(Br)cc2cc1-c1nc(-c2ccc3c(c2)Cc2ccccc2-3)cs1. The minimum absolute atomic E-state index is 0.388. The third-order valence-corrected chi connectivity index (χ3v) is 7.50. The Balaban J connectivity index is 1.41. The fourth-order valence-corrected chi connectivity index (χ4v) is 6.31. The molecular formula is C25H13Br2NO2S. The normalized spacial score (nSPS) is 12.2. The lowest BCUT2D eigenvalue weighted by molar-refractivity contribution is 0.561. The Morgan fingerprint density at radius 3 is 2.65 bits per heavy atom. The van der Waals surface area contributed by atoms with Gasteiger partial charge in [0.1, 0.15) is 5.01 Å². The van der Waals surface area contributed by atoms with E-state index in [4.69, 9.17) is 9.40 Å². The summed E-state index contributed by atoms with van der Waals surface area (Å²) in [5.74, 6) is 0. The van der Waals surface area contributed by atoms with E-state index in [-0.39, 0.29) is 5.63 Å². The first kappa shape index (κ1) is 19.2. The molecule has 0 N–H and O–H groups in total. The van der Waals surface area contributed by atoms with Crippen molar-refractivity contribution < 1.29 is 4.42 Å². The van der Waals surface area contributed by atoms with Crippen molar-refractivity contribution >= 4 is 54.2 Å². The van der Waals surface area contributed by atoms with Crippen LogP contribution in [0.3, 0.4) is 0 Å². The zero-order valence-electron chi connectivity index (χ0n) is 16.0. The number of hydrogen-bond donors (Lipinski definition) is 0. The Kier molecular flexibility index (Phi) is 4.49. The van der Waals surface area contributed by atoms with Gasteiger partial charge in [-0.05, 0) is 68.9 Å². The minimum atomic E-state index is -0.388. The van der Waals surface area contributed by atoms with Gasteiger partial charge in [0.25, 0.3) is 0 Å². The van der Waals surface area contributed by atoms with E-state index >= 15 is 0 Å². The van der Waals surface area contributed by atoms with Gasteiger partial charge in [-0.25, -0.2) is 9.78 Å². The first-order valence-corrected chi connectivity index (χ1v) is 12.1. The molecule has 0 aliphatic heterocycles. The van der Waals surface area contributed by atoms with Crippen LogP contribution in [0.2, 0.25) is 0 Å². The lowest BCUT2D eigenvalue weighted by atomic mass is 10.0. The van der Waals surface area contributed by atoms with Crippen LogP contribution in [0.4, 0.5) is 0 Å². The second kappa shape index (κ2) is 7.26. The molecule has 0 spiro atoms. The molecule has 150 valence electrons. The molecule has 0 atom stereocenters. The summed E-state index contributed by atoms with van der Waals surface area (Å²) < 4.78 is 7.23. The molecule has 31 heavy (non-hydrogen) atoms. The number of halogens is 2. The standard InChI is InChI=1S/C25H13Br2NO2S/c26-17-9-16-10-20(25(29)30-23(16)21(27)11-17)24-28-22(12-31-24)14-5-6-19-15(8-14)7-13-3-1-2-4-18(13)19/h1-6,8-12H,7H2. The Morgan fingerprint density at radius 1 is 0.903 bits per heavy atom. The first-order chi connectivity index (χ1) is 15.1. The maximum Gasteiger partial charge on any atom is 0.346 e. The van der Waals surface area contributed by atoms with Gasteiger partial charge in [0, 0.05) is 20.8 Å². The van der Waals surface area contributed by atoms with Crippen LogP contribution in [-0.4, -0.2) is 4.98 Å². The molecule has 6 heteroatoms. The van der Waals surface area contributed by atoms with Crippen LogP contribution < -0.4 is 5.63 Å². The van der Waals surface area contributed by atoms with E-state index in [1.54, 1.807) is 0 Å². The van der Waals surface area contributed by atoms with Crippen molar-refractivity contribution in [2.45, 2.75) is 6.42 Å². The lowest BCUT2D eigenvalue weighted by Crippen LogP contribution is -2.02. The van der Waals surface area contributed by atoms with Crippen LogP contribution in [-0.2, 0) is 6.42 Å². The monoisotopic (exact) mass is 549 g/mol. The topological polar surface area (TPSA) is 43.1 Å². The predicted molar refractivity (Wildman–Crippen MR) is 133 cm³/mol. The molecular weight excluding hydrogens is 538 g/mol. The van der Waals surface area contributed by atoms with Crippen LogP contribution in [0, 0.1) is 0 Å². The molecule has 5 aromatic rings. The third-order valence-electron chi connectivity index (χ3n) is 5.58. The Hall–Kier alpha value is -2.54. The van der Waals surface area contributed by atoms with Crippen LogP contribution in [0.5, 0.6) is 0 Å². The highest BCUT2D eigenvalue weighted by molar-refractivity contribution is 9.11. The van der Waals surface area contributed by atoms with E-state index in [9.17, 15) is 4.79 Å². The molecule has 3 aromatic carbocycles. The van der Waals surface area contributed by atoms with E-state index in [1.807, 2.05) is 23.6 Å². The van der Waals surface area contributed by atoms with E-state index in [0.29, 0.717) is 16.2 Å². The van der Waals surface area contributed by atoms with Gasteiger partial charge in [0.2, 0.25) is 0 Å². The average molecular weight is 551 g/mol. The summed E-state index contributed by atoms with van der Waals surface area (Å²) in [5.41, 5.74) is 7.83. The number of thiazole rings is 1. The largest absolute Gasteiger partial charge is 0.421 e. The number of fused-ring (bicyclic) bond motifs is 4. The van der Waals surface area contributed by atoms with E-state index in [1.165, 1.54) is 33.6 Å². The smallest absolute Gasteiger partial charge is 0.346 e. The molecule has 0 fully saturated rings. The summed E-state index contributed by atoms with van der Waals surface area (Å²) >= 11 is 8.40. The maximum atomic E-state index is 12.7. The Morgan fingerprint density at radius 2 is 1.74 bits per heavy atom.